The molecule has 0 heterocycles. The van der Waals surface area contributed by atoms with Crippen LogP contribution in [0.2, 0.25) is 0 Å². The summed E-state index contributed by atoms with van der Waals surface area (Å²) < 4.78 is 6.26. The number of allylic oxidation sites excluding steroid dienone is 4. The average molecular weight is 650 g/mol. The van der Waals surface area contributed by atoms with Crippen molar-refractivity contribution < 1.29 is 4.74 Å². The van der Waals surface area contributed by atoms with Crippen LogP contribution in [0.3, 0.4) is 0 Å². The van der Waals surface area contributed by atoms with E-state index in [9.17, 15) is 10.8 Å². The lowest BCUT2D eigenvalue weighted by Gasteiger charge is -2.26. The number of anilines is 2. The first-order chi connectivity index (χ1) is 24.4. The highest BCUT2D eigenvalue weighted by Crippen LogP contribution is 2.32. The summed E-state index contributed by atoms with van der Waals surface area (Å²) in [6.07, 6.45) is 14.3. The van der Waals surface area contributed by atoms with Gasteiger partial charge >= 0.3 is 0 Å². The molecule has 7 rings (SSSR count). The predicted octanol–water partition coefficient (Wildman–Crippen LogP) is 10.5. The van der Waals surface area contributed by atoms with Crippen molar-refractivity contribution >= 4 is 67.6 Å². The molecule has 0 saturated carbocycles. The standard InChI is InChI=1S/C46H39N3O/c1-4-31(2)14-13-29-49(35-26-21-32(3)22-27-35)44-39-19-11-9-17-37(39)43(38-18-10-12-20-40(38)44)46(48)50-45(47)41-28-25-34-24-23-33-15-7-5-6-8-16-36(41)42(34)30-33/h4-9,11,13-30,47-48H,1,10,12H2,2-3H3/b6-5?,7-5?,8-6?,15-7?,16-8?,29-13+,31-14-,33-15?,36-16?,47-45?,48-46?. The third-order valence-corrected chi connectivity index (χ3v) is 9.25. The second-order valence-corrected chi connectivity index (χ2v) is 12.6. The van der Waals surface area contributed by atoms with Crippen LogP contribution in [0.25, 0.3) is 44.5 Å². The Hall–Kier alpha value is -6.26. The summed E-state index contributed by atoms with van der Waals surface area (Å²) in [4.78, 5) is 2.24. The minimum Gasteiger partial charge on any atom is -0.421 e. The monoisotopic (exact) mass is 649 g/mol. The molecule has 0 fully saturated rings. The van der Waals surface area contributed by atoms with Gasteiger partial charge in [0.2, 0.25) is 11.8 Å². The van der Waals surface area contributed by atoms with Crippen LogP contribution in [0.5, 0.6) is 0 Å². The first-order valence-corrected chi connectivity index (χ1v) is 17.0. The van der Waals surface area contributed by atoms with Crippen LogP contribution in [0.1, 0.15) is 36.5 Å². The molecule has 0 aliphatic heterocycles. The molecule has 0 amide bonds. The summed E-state index contributed by atoms with van der Waals surface area (Å²) in [5.41, 5.74) is 5.67. The van der Waals surface area contributed by atoms with Crippen LogP contribution >= 0.6 is 0 Å². The van der Waals surface area contributed by atoms with E-state index in [1.165, 1.54) is 5.56 Å². The number of hydrogen-bond acceptors (Lipinski definition) is 4. The summed E-state index contributed by atoms with van der Waals surface area (Å²) in [5, 5.41) is 26.7. The number of nitrogens with zero attached hydrogens (tertiary/aromatic N) is 1. The molecule has 50 heavy (non-hydrogen) atoms. The van der Waals surface area contributed by atoms with E-state index in [0.717, 1.165) is 72.5 Å². The van der Waals surface area contributed by atoms with Crippen molar-refractivity contribution in [2.24, 2.45) is 0 Å². The molecule has 4 heteroatoms. The zero-order chi connectivity index (χ0) is 34.6. The third-order valence-electron chi connectivity index (χ3n) is 9.25. The van der Waals surface area contributed by atoms with Gasteiger partial charge < -0.3 is 9.64 Å². The predicted molar refractivity (Wildman–Crippen MR) is 213 cm³/mol. The number of rotatable bonds is 7. The fraction of sp³-hybridized carbons (Fsp3) is 0.0870. The molecule has 1 aliphatic rings. The molecule has 244 valence electrons. The fourth-order valence-corrected chi connectivity index (χ4v) is 6.68. The largest absolute Gasteiger partial charge is 0.421 e. The maximum atomic E-state index is 9.44. The average Bonchev–Trinajstić information content (AvgIpc) is 3.14. The van der Waals surface area contributed by atoms with Crippen LogP contribution in [0.4, 0.5) is 11.4 Å². The zero-order valence-corrected chi connectivity index (χ0v) is 28.4. The molecule has 6 aromatic rings. The topological polar surface area (TPSA) is 60.2 Å². The smallest absolute Gasteiger partial charge is 0.222 e. The Kier molecular flexibility index (Phi) is 9.09. The van der Waals surface area contributed by atoms with Gasteiger partial charge in [0.05, 0.1) is 11.3 Å². The van der Waals surface area contributed by atoms with Gasteiger partial charge in [0.25, 0.3) is 0 Å². The van der Waals surface area contributed by atoms with E-state index in [-0.39, 0.29) is 11.8 Å². The van der Waals surface area contributed by atoms with Gasteiger partial charge in [0, 0.05) is 28.1 Å². The molecule has 0 radical (unpaired) electrons. The maximum absolute atomic E-state index is 9.44. The van der Waals surface area contributed by atoms with Crippen molar-refractivity contribution in [1.29, 1.82) is 10.8 Å². The summed E-state index contributed by atoms with van der Waals surface area (Å²) in [7, 11) is 0. The molecule has 2 bridgehead atoms. The van der Waals surface area contributed by atoms with E-state index in [2.05, 4.69) is 110 Å². The maximum Gasteiger partial charge on any atom is 0.222 e. The van der Waals surface area contributed by atoms with Crippen molar-refractivity contribution in [1.82, 2.24) is 0 Å². The van der Waals surface area contributed by atoms with E-state index < -0.39 is 0 Å². The minimum absolute atomic E-state index is 0.0461. The van der Waals surface area contributed by atoms with E-state index in [4.69, 9.17) is 4.74 Å². The molecule has 2 N–H and O–H groups in total. The van der Waals surface area contributed by atoms with Gasteiger partial charge in [-0.2, -0.15) is 0 Å². The van der Waals surface area contributed by atoms with E-state index in [0.29, 0.717) is 11.1 Å². The number of hydrogen-bond donors (Lipinski definition) is 2. The van der Waals surface area contributed by atoms with E-state index in [1.54, 1.807) is 0 Å². The Balaban J connectivity index is 1.39. The first-order valence-electron chi connectivity index (χ1n) is 17.0. The molecular weight excluding hydrogens is 611 g/mol. The lowest BCUT2D eigenvalue weighted by Crippen LogP contribution is -2.37. The van der Waals surface area contributed by atoms with Crippen LogP contribution in [0, 0.1) is 17.7 Å². The molecule has 1 aliphatic carbocycles. The first kappa shape index (κ1) is 32.3. The number of nitrogens with one attached hydrogen (secondary N) is 2. The Morgan fingerprint density at radius 1 is 0.720 bits per heavy atom. The Morgan fingerprint density at radius 3 is 2.18 bits per heavy atom. The number of fused-ring (bicyclic) bond motifs is 3. The second kappa shape index (κ2) is 14.1. The van der Waals surface area contributed by atoms with Crippen LogP contribution in [0.15, 0.2) is 152 Å². The normalized spacial score (nSPS) is 12.6. The SMILES string of the molecule is C=C/C(C)=C\C=C\N(c1ccc(C)cc1)c1c2c(c(C(=N)OC(=N)c3ccc4ccc5ccccccc3c4c5)c3ccccc13)=CCCC=2. The van der Waals surface area contributed by atoms with Gasteiger partial charge in [-0.1, -0.05) is 133 Å². The van der Waals surface area contributed by atoms with E-state index >= 15 is 0 Å². The van der Waals surface area contributed by atoms with Crippen LogP contribution < -0.4 is 15.3 Å². The van der Waals surface area contributed by atoms with Gasteiger partial charge in [-0.25, -0.2) is 0 Å². The van der Waals surface area contributed by atoms with Gasteiger partial charge in [0.15, 0.2) is 0 Å². The molecule has 0 unspecified atom stereocenters. The summed E-state index contributed by atoms with van der Waals surface area (Å²) in [6, 6.07) is 39.1. The second-order valence-electron chi connectivity index (χ2n) is 12.6. The van der Waals surface area contributed by atoms with Crippen LogP contribution in [-0.2, 0) is 4.74 Å². The molecular formula is C46H39N3O. The Bertz CT molecular complexity index is 2530. The van der Waals surface area contributed by atoms with Crippen LogP contribution in [-0.4, -0.2) is 11.8 Å². The molecule has 4 nitrogen and oxygen atoms in total. The van der Waals surface area contributed by atoms with Crippen molar-refractivity contribution in [3.63, 3.8) is 0 Å². The van der Waals surface area contributed by atoms with Gasteiger partial charge in [-0.15, -0.1) is 0 Å². The van der Waals surface area contributed by atoms with Gasteiger partial charge in [-0.3, -0.25) is 10.8 Å². The Morgan fingerprint density at radius 2 is 1.40 bits per heavy atom. The molecule has 0 atom stereocenters. The quantitative estimate of drug-likeness (QED) is 0.103. The molecule has 0 spiro atoms. The number of ether oxygens (including phenoxy) is 1. The molecule has 0 saturated heterocycles. The highest BCUT2D eigenvalue weighted by Gasteiger charge is 2.22. The molecule has 6 aromatic carbocycles. The fourth-order valence-electron chi connectivity index (χ4n) is 6.68. The van der Waals surface area contributed by atoms with Crippen molar-refractivity contribution in [3.05, 3.63) is 179 Å². The summed E-state index contributed by atoms with van der Waals surface area (Å²) in [5.74, 6) is -0.107. The van der Waals surface area contributed by atoms with Crippen molar-refractivity contribution in [3.8, 4) is 0 Å². The Labute approximate surface area is 293 Å². The van der Waals surface area contributed by atoms with Crippen molar-refractivity contribution in [2.45, 2.75) is 26.7 Å². The molecule has 0 aromatic heterocycles. The van der Waals surface area contributed by atoms with Gasteiger partial charge in [-0.05, 0) is 89.2 Å². The van der Waals surface area contributed by atoms with E-state index in [1.807, 2.05) is 67.6 Å². The van der Waals surface area contributed by atoms with Crippen molar-refractivity contribution in [2.75, 3.05) is 4.90 Å². The number of benzene rings is 5. The highest BCUT2D eigenvalue weighted by molar-refractivity contribution is 6.18. The zero-order valence-electron chi connectivity index (χ0n) is 28.4. The summed E-state index contributed by atoms with van der Waals surface area (Å²) >= 11 is 0. The minimum atomic E-state index is -0.0613. The number of aryl methyl sites for hydroxylation is 1. The third kappa shape index (κ3) is 6.31. The lowest BCUT2D eigenvalue weighted by atomic mass is 9.93. The summed E-state index contributed by atoms with van der Waals surface area (Å²) in [6.45, 7) is 8.04. The lowest BCUT2D eigenvalue weighted by molar-refractivity contribution is 0.539. The van der Waals surface area contributed by atoms with Gasteiger partial charge in [0.1, 0.15) is 0 Å². The highest BCUT2D eigenvalue weighted by atomic mass is 16.5.